The molecule has 0 radical (unpaired) electrons. The molecule has 0 saturated heterocycles. The summed E-state index contributed by atoms with van der Waals surface area (Å²) in [6, 6.07) is 20.6. The minimum absolute atomic E-state index is 0.0184. The summed E-state index contributed by atoms with van der Waals surface area (Å²) in [5, 5.41) is 12.7. The van der Waals surface area contributed by atoms with Crippen molar-refractivity contribution in [2.45, 2.75) is 32.9 Å². The number of hydrogen-bond acceptors (Lipinski definition) is 4. The van der Waals surface area contributed by atoms with E-state index < -0.39 is 5.97 Å². The summed E-state index contributed by atoms with van der Waals surface area (Å²) in [7, 11) is 0. The van der Waals surface area contributed by atoms with Crippen LogP contribution in [-0.4, -0.2) is 36.2 Å². The average Bonchev–Trinajstić information content (AvgIpc) is 2.93. The topological polar surface area (TPSA) is 78.9 Å². The predicted octanol–water partition coefficient (Wildman–Crippen LogP) is 6.09. The smallest absolute Gasteiger partial charge is 0.336 e. The summed E-state index contributed by atoms with van der Waals surface area (Å²) in [5.41, 5.74) is 4.38. The molecule has 3 aromatic carbocycles. The van der Waals surface area contributed by atoms with E-state index in [-0.39, 0.29) is 22.9 Å². The Labute approximate surface area is 223 Å². The Balaban J connectivity index is 1.29. The molecule has 2 aliphatic rings. The van der Waals surface area contributed by atoms with Crippen molar-refractivity contribution in [3.8, 4) is 16.9 Å². The van der Waals surface area contributed by atoms with Crippen molar-refractivity contribution in [2.24, 2.45) is 5.41 Å². The maximum absolute atomic E-state index is 13.1. The molecule has 0 saturated carbocycles. The fraction of sp³-hybridized carbons (Fsp3) is 0.250. The molecule has 1 heterocycles. The number of carbonyl (C=O) groups excluding carboxylic acids is 1. The molecule has 5 rings (SSSR count). The van der Waals surface area contributed by atoms with E-state index in [1.807, 2.05) is 73.7 Å². The molecule has 194 valence electrons. The number of aromatic carboxylic acids is 1. The van der Waals surface area contributed by atoms with E-state index in [1.54, 1.807) is 12.1 Å². The minimum Gasteiger partial charge on any atom is -0.490 e. The Bertz CT molecular complexity index is 1410. The molecule has 1 aliphatic carbocycles. The average molecular weight is 509 g/mol. The van der Waals surface area contributed by atoms with E-state index >= 15 is 0 Å². The van der Waals surface area contributed by atoms with E-state index in [0.29, 0.717) is 30.0 Å². The first-order valence-electron chi connectivity index (χ1n) is 12.9. The Hall–Kier alpha value is -4.32. The second-order valence-electron chi connectivity index (χ2n) is 10.2. The fourth-order valence-corrected chi connectivity index (χ4v) is 5.02. The van der Waals surface area contributed by atoms with Gasteiger partial charge in [-0.25, -0.2) is 4.79 Å². The third-order valence-electron chi connectivity index (χ3n) is 7.60. The lowest BCUT2D eigenvalue weighted by Gasteiger charge is -2.34. The Morgan fingerprint density at radius 3 is 2.61 bits per heavy atom. The summed E-state index contributed by atoms with van der Waals surface area (Å²) in [6.07, 6.45) is 9.25. The van der Waals surface area contributed by atoms with E-state index in [0.717, 1.165) is 29.8 Å². The highest BCUT2D eigenvalue weighted by Crippen LogP contribution is 2.35. The highest BCUT2D eigenvalue weighted by molar-refractivity contribution is 5.96. The largest absolute Gasteiger partial charge is 0.490 e. The summed E-state index contributed by atoms with van der Waals surface area (Å²) >= 11 is 0. The first-order chi connectivity index (χ1) is 18.3. The standard InChI is InChI=1S/C32H32N2O4/c1-22(32(2)16-6-3-7-17-32)33-30(35)25-14-15-28-29(20-25)38-19-18-34(28)21-23-10-12-24(13-11-23)26-8-4-5-9-27(26)31(36)37/h3-16,20,22H,17-19,21H2,1-2H3,(H,33,35)(H,36,37). The van der Waals surface area contributed by atoms with E-state index in [4.69, 9.17) is 4.74 Å². The maximum atomic E-state index is 13.1. The van der Waals surface area contributed by atoms with E-state index in [1.165, 1.54) is 0 Å². The third-order valence-corrected chi connectivity index (χ3v) is 7.60. The Kier molecular flexibility index (Phi) is 7.05. The number of carboxylic acids is 1. The molecule has 0 bridgehead atoms. The number of nitrogens with zero attached hydrogens (tertiary/aromatic N) is 1. The first-order valence-corrected chi connectivity index (χ1v) is 12.9. The number of hydrogen-bond donors (Lipinski definition) is 2. The van der Waals surface area contributed by atoms with E-state index in [9.17, 15) is 14.7 Å². The zero-order valence-corrected chi connectivity index (χ0v) is 21.7. The molecule has 6 heteroatoms. The molecule has 1 aliphatic heterocycles. The Morgan fingerprint density at radius 2 is 1.87 bits per heavy atom. The number of carbonyl (C=O) groups is 2. The van der Waals surface area contributed by atoms with Crippen molar-refractivity contribution in [1.82, 2.24) is 5.32 Å². The molecule has 1 amide bonds. The monoisotopic (exact) mass is 508 g/mol. The fourth-order valence-electron chi connectivity index (χ4n) is 5.02. The van der Waals surface area contributed by atoms with Gasteiger partial charge in [0.25, 0.3) is 5.91 Å². The highest BCUT2D eigenvalue weighted by atomic mass is 16.5. The SMILES string of the molecule is CC(NC(=O)c1ccc2c(c1)OCCN2Cc1ccc(-c2ccccc2C(=O)O)cc1)C1(C)C=CC=CC1. The molecule has 2 N–H and O–H groups in total. The number of carboxylic acid groups (broad SMARTS) is 1. The molecule has 3 aromatic rings. The molecule has 0 aromatic heterocycles. The van der Waals surface area contributed by atoms with Crippen LogP contribution in [0.25, 0.3) is 11.1 Å². The zero-order chi connectivity index (χ0) is 26.7. The number of ether oxygens (including phenoxy) is 1. The zero-order valence-electron chi connectivity index (χ0n) is 21.7. The summed E-state index contributed by atoms with van der Waals surface area (Å²) in [6.45, 7) is 6.15. The number of anilines is 1. The van der Waals surface area contributed by atoms with Gasteiger partial charge in [-0.05, 0) is 54.3 Å². The van der Waals surface area contributed by atoms with Gasteiger partial charge in [-0.3, -0.25) is 4.79 Å². The van der Waals surface area contributed by atoms with Crippen molar-refractivity contribution in [3.05, 3.63) is 108 Å². The van der Waals surface area contributed by atoms with Crippen molar-refractivity contribution in [2.75, 3.05) is 18.1 Å². The molecular formula is C32H32N2O4. The van der Waals surface area contributed by atoms with Crippen LogP contribution in [0.15, 0.2) is 91.0 Å². The lowest BCUT2D eigenvalue weighted by Crippen LogP contribution is -2.43. The number of benzene rings is 3. The van der Waals surface area contributed by atoms with Crippen LogP contribution in [0.1, 0.15) is 46.5 Å². The van der Waals surface area contributed by atoms with Crippen LogP contribution in [0.2, 0.25) is 0 Å². The first kappa shape index (κ1) is 25.3. The molecule has 6 nitrogen and oxygen atoms in total. The van der Waals surface area contributed by atoms with Gasteiger partial charge in [-0.1, -0.05) is 73.7 Å². The maximum Gasteiger partial charge on any atom is 0.336 e. The number of amides is 1. The number of fused-ring (bicyclic) bond motifs is 1. The number of nitrogens with one attached hydrogen (secondary N) is 1. The van der Waals surface area contributed by atoms with Gasteiger partial charge in [0.1, 0.15) is 12.4 Å². The van der Waals surface area contributed by atoms with Crippen LogP contribution in [0.3, 0.4) is 0 Å². The lowest BCUT2D eigenvalue weighted by atomic mass is 9.77. The minimum atomic E-state index is -0.936. The van der Waals surface area contributed by atoms with Crippen LogP contribution in [0, 0.1) is 5.41 Å². The van der Waals surface area contributed by atoms with Crippen molar-refractivity contribution < 1.29 is 19.4 Å². The highest BCUT2D eigenvalue weighted by Gasteiger charge is 2.30. The van der Waals surface area contributed by atoms with Gasteiger partial charge in [-0.15, -0.1) is 0 Å². The lowest BCUT2D eigenvalue weighted by molar-refractivity contribution is 0.0697. The van der Waals surface area contributed by atoms with Crippen LogP contribution in [-0.2, 0) is 6.54 Å². The molecule has 38 heavy (non-hydrogen) atoms. The second-order valence-corrected chi connectivity index (χ2v) is 10.2. The van der Waals surface area contributed by atoms with Gasteiger partial charge in [0.15, 0.2) is 0 Å². The normalized spacial score (nSPS) is 18.8. The molecule has 2 unspecified atom stereocenters. The van der Waals surface area contributed by atoms with Gasteiger partial charge in [0.05, 0.1) is 17.8 Å². The summed E-state index contributed by atoms with van der Waals surface area (Å²) in [4.78, 5) is 26.9. The second kappa shape index (κ2) is 10.6. The van der Waals surface area contributed by atoms with Crippen LogP contribution in [0.4, 0.5) is 5.69 Å². The molecule has 2 atom stereocenters. The van der Waals surface area contributed by atoms with Crippen LogP contribution >= 0.6 is 0 Å². The van der Waals surface area contributed by atoms with Crippen LogP contribution < -0.4 is 15.0 Å². The number of rotatable bonds is 7. The summed E-state index contributed by atoms with van der Waals surface area (Å²) < 4.78 is 5.94. The van der Waals surface area contributed by atoms with Crippen molar-refractivity contribution in [3.63, 3.8) is 0 Å². The quantitative estimate of drug-likeness (QED) is 0.404. The molecule has 0 spiro atoms. The van der Waals surface area contributed by atoms with Gasteiger partial charge >= 0.3 is 5.97 Å². The van der Waals surface area contributed by atoms with Crippen molar-refractivity contribution >= 4 is 17.6 Å². The van der Waals surface area contributed by atoms with Gasteiger partial charge in [0, 0.05) is 23.6 Å². The van der Waals surface area contributed by atoms with Crippen molar-refractivity contribution in [1.29, 1.82) is 0 Å². The van der Waals surface area contributed by atoms with Gasteiger partial charge in [0.2, 0.25) is 0 Å². The van der Waals surface area contributed by atoms with Gasteiger partial charge in [-0.2, -0.15) is 0 Å². The molecular weight excluding hydrogens is 476 g/mol. The third kappa shape index (κ3) is 5.21. The Morgan fingerprint density at radius 1 is 1.08 bits per heavy atom. The molecule has 0 fully saturated rings. The summed E-state index contributed by atoms with van der Waals surface area (Å²) in [5.74, 6) is -0.341. The van der Waals surface area contributed by atoms with Gasteiger partial charge < -0.3 is 20.1 Å². The van der Waals surface area contributed by atoms with Crippen LogP contribution in [0.5, 0.6) is 5.75 Å². The predicted molar refractivity (Wildman–Crippen MR) is 150 cm³/mol. The number of allylic oxidation sites excluding steroid dienone is 3. The van der Waals surface area contributed by atoms with E-state index in [2.05, 4.69) is 29.3 Å².